The minimum atomic E-state index is -0.203. The minimum absolute atomic E-state index is 0.199. The van der Waals surface area contributed by atoms with Crippen LogP contribution in [-0.2, 0) is 0 Å². The topological polar surface area (TPSA) is 63.2 Å². The molecule has 0 aromatic heterocycles. The number of hydrogen-bond donors (Lipinski definition) is 0. The van der Waals surface area contributed by atoms with E-state index in [-0.39, 0.29) is 11.5 Å². The van der Waals surface area contributed by atoms with E-state index in [1.807, 2.05) is 49.4 Å². The number of carbonyl (C=O) groups is 1. The minimum Gasteiger partial charge on any atom is -0.493 e. The molecule has 174 valence electrons. The van der Waals surface area contributed by atoms with Crippen LogP contribution >= 0.6 is 0 Å². The number of carbonyl (C=O) groups excluding carboxylic acids is 1. The molecule has 1 aliphatic heterocycles. The van der Waals surface area contributed by atoms with Crippen LogP contribution in [0.25, 0.3) is 12.2 Å². The Morgan fingerprint density at radius 1 is 0.853 bits per heavy atom. The van der Waals surface area contributed by atoms with Crippen LogP contribution in [0.5, 0.6) is 28.7 Å². The van der Waals surface area contributed by atoms with E-state index in [4.69, 9.17) is 23.7 Å². The Morgan fingerprint density at radius 2 is 1.59 bits per heavy atom. The number of Topliss-reactive ketones (excluding diaryl/α,β-unsaturated/α-hetero) is 1. The van der Waals surface area contributed by atoms with Crippen LogP contribution in [-0.4, -0.2) is 33.7 Å². The zero-order chi connectivity index (χ0) is 24.1. The van der Waals surface area contributed by atoms with E-state index < -0.39 is 0 Å². The fourth-order valence-electron chi connectivity index (χ4n) is 3.79. The van der Waals surface area contributed by atoms with Crippen molar-refractivity contribution in [3.8, 4) is 28.7 Å². The molecule has 0 saturated carbocycles. The summed E-state index contributed by atoms with van der Waals surface area (Å²) in [5.41, 5.74) is 3.00. The molecule has 3 aromatic rings. The van der Waals surface area contributed by atoms with Gasteiger partial charge >= 0.3 is 0 Å². The molecule has 0 saturated heterocycles. The molecule has 1 heterocycles. The lowest BCUT2D eigenvalue weighted by Crippen LogP contribution is -2.00. The maximum Gasteiger partial charge on any atom is 0.231 e. The number of methoxy groups -OCH3 is 3. The fourth-order valence-corrected chi connectivity index (χ4v) is 3.79. The summed E-state index contributed by atoms with van der Waals surface area (Å²) in [5, 5.41) is 0. The molecule has 0 bridgehead atoms. The Morgan fingerprint density at radius 3 is 2.29 bits per heavy atom. The highest BCUT2D eigenvalue weighted by Crippen LogP contribution is 2.43. The van der Waals surface area contributed by atoms with Gasteiger partial charge in [-0.25, -0.2) is 0 Å². The largest absolute Gasteiger partial charge is 0.493 e. The number of hydrogen-bond acceptors (Lipinski definition) is 6. The van der Waals surface area contributed by atoms with Gasteiger partial charge < -0.3 is 23.7 Å². The molecule has 4 rings (SSSR count). The third-order valence-corrected chi connectivity index (χ3v) is 5.50. The summed E-state index contributed by atoms with van der Waals surface area (Å²) in [6.07, 6.45) is 5.59. The smallest absolute Gasteiger partial charge is 0.231 e. The number of fused-ring (bicyclic) bond motifs is 1. The molecular formula is C28H26O6. The summed E-state index contributed by atoms with van der Waals surface area (Å²) in [7, 11) is 4.62. The van der Waals surface area contributed by atoms with E-state index in [0.717, 1.165) is 11.1 Å². The van der Waals surface area contributed by atoms with Crippen molar-refractivity contribution in [1.29, 1.82) is 0 Å². The summed E-state index contributed by atoms with van der Waals surface area (Å²) in [4.78, 5) is 13.0. The second-order valence-electron chi connectivity index (χ2n) is 7.55. The Balaban J connectivity index is 1.56. The van der Waals surface area contributed by atoms with Crippen LogP contribution in [0.15, 0.2) is 66.4 Å². The first kappa shape index (κ1) is 23.0. The Labute approximate surface area is 199 Å². The SMILES string of the molecule is COc1ccc(/C=C2\Oc3c(ccc(OC/C=C/c4ccccc4)c3C)C2=O)c(OC)c1OC. The highest BCUT2D eigenvalue weighted by Gasteiger charge is 2.30. The Kier molecular flexibility index (Phi) is 6.87. The van der Waals surface area contributed by atoms with Gasteiger partial charge in [-0.05, 0) is 48.9 Å². The predicted molar refractivity (Wildman–Crippen MR) is 131 cm³/mol. The number of benzene rings is 3. The fraction of sp³-hybridized carbons (Fsp3) is 0.179. The summed E-state index contributed by atoms with van der Waals surface area (Å²) in [5.74, 6) is 2.58. The van der Waals surface area contributed by atoms with Gasteiger partial charge in [-0.1, -0.05) is 36.4 Å². The maximum atomic E-state index is 13.0. The van der Waals surface area contributed by atoms with Gasteiger partial charge in [-0.15, -0.1) is 0 Å². The number of allylic oxidation sites excluding steroid dienone is 1. The number of ether oxygens (including phenoxy) is 5. The van der Waals surface area contributed by atoms with Gasteiger partial charge in [0, 0.05) is 11.1 Å². The molecule has 34 heavy (non-hydrogen) atoms. The first-order chi connectivity index (χ1) is 16.6. The predicted octanol–water partition coefficient (Wildman–Crippen LogP) is 5.73. The summed E-state index contributed by atoms with van der Waals surface area (Å²) >= 11 is 0. The highest BCUT2D eigenvalue weighted by molar-refractivity contribution is 6.15. The van der Waals surface area contributed by atoms with Crippen molar-refractivity contribution in [2.75, 3.05) is 27.9 Å². The van der Waals surface area contributed by atoms with Gasteiger partial charge in [-0.2, -0.15) is 0 Å². The molecule has 6 nitrogen and oxygen atoms in total. The van der Waals surface area contributed by atoms with Gasteiger partial charge in [-0.3, -0.25) is 4.79 Å². The third-order valence-electron chi connectivity index (χ3n) is 5.50. The van der Waals surface area contributed by atoms with Gasteiger partial charge in [0.05, 0.1) is 26.9 Å². The normalized spacial score (nSPS) is 13.6. The van der Waals surface area contributed by atoms with Gasteiger partial charge in [0.1, 0.15) is 18.1 Å². The second kappa shape index (κ2) is 10.2. The van der Waals surface area contributed by atoms with Crippen molar-refractivity contribution in [1.82, 2.24) is 0 Å². The van der Waals surface area contributed by atoms with Crippen LogP contribution in [0, 0.1) is 6.92 Å². The van der Waals surface area contributed by atoms with Crippen molar-refractivity contribution in [2.45, 2.75) is 6.92 Å². The number of ketones is 1. The van der Waals surface area contributed by atoms with E-state index in [1.165, 1.54) is 14.2 Å². The molecular weight excluding hydrogens is 432 g/mol. The molecule has 0 unspecified atom stereocenters. The van der Waals surface area contributed by atoms with E-state index in [2.05, 4.69) is 0 Å². The van der Waals surface area contributed by atoms with Gasteiger partial charge in [0.15, 0.2) is 17.3 Å². The molecule has 0 N–H and O–H groups in total. The highest BCUT2D eigenvalue weighted by atomic mass is 16.5. The first-order valence-electron chi connectivity index (χ1n) is 10.8. The maximum absolute atomic E-state index is 13.0. The van der Waals surface area contributed by atoms with Crippen molar-refractivity contribution < 1.29 is 28.5 Å². The second-order valence-corrected chi connectivity index (χ2v) is 7.55. The molecule has 0 aliphatic carbocycles. The summed E-state index contributed by atoms with van der Waals surface area (Å²) in [6, 6.07) is 17.1. The standard InChI is InChI=1S/C28H26O6/c1-18-22(33-16-8-11-19-9-6-5-7-10-19)15-13-21-25(29)24(34-26(18)21)17-20-12-14-23(30-2)28(32-4)27(20)31-3/h5-15,17H,16H2,1-4H3/b11-8+,24-17-. The molecule has 0 amide bonds. The average molecular weight is 459 g/mol. The summed E-state index contributed by atoms with van der Waals surface area (Å²) < 4.78 is 28.2. The molecule has 0 fully saturated rings. The molecule has 1 aliphatic rings. The van der Waals surface area contributed by atoms with Crippen molar-refractivity contribution >= 4 is 17.9 Å². The molecule has 0 spiro atoms. The molecule has 0 atom stereocenters. The monoisotopic (exact) mass is 458 g/mol. The van der Waals surface area contributed by atoms with E-state index in [9.17, 15) is 4.79 Å². The van der Waals surface area contributed by atoms with Crippen molar-refractivity contribution in [3.05, 3.63) is 88.7 Å². The zero-order valence-electron chi connectivity index (χ0n) is 19.6. The Bertz CT molecular complexity index is 1260. The molecule has 0 radical (unpaired) electrons. The lowest BCUT2D eigenvalue weighted by Gasteiger charge is -2.14. The average Bonchev–Trinajstić information content (AvgIpc) is 3.19. The lowest BCUT2D eigenvalue weighted by molar-refractivity contribution is 0.101. The molecule has 6 heteroatoms. The van der Waals surface area contributed by atoms with E-state index in [0.29, 0.717) is 46.5 Å². The van der Waals surface area contributed by atoms with Crippen molar-refractivity contribution in [2.24, 2.45) is 0 Å². The zero-order valence-corrected chi connectivity index (χ0v) is 19.6. The Hall–Kier alpha value is -4.19. The quantitative estimate of drug-likeness (QED) is 0.402. The third kappa shape index (κ3) is 4.48. The first-order valence-corrected chi connectivity index (χ1v) is 10.8. The van der Waals surface area contributed by atoms with Crippen LogP contribution in [0.1, 0.15) is 27.0 Å². The molecule has 3 aromatic carbocycles. The van der Waals surface area contributed by atoms with Crippen LogP contribution in [0.2, 0.25) is 0 Å². The van der Waals surface area contributed by atoms with Crippen molar-refractivity contribution in [3.63, 3.8) is 0 Å². The van der Waals surface area contributed by atoms with Gasteiger partial charge in [0.25, 0.3) is 0 Å². The van der Waals surface area contributed by atoms with E-state index >= 15 is 0 Å². The summed E-state index contributed by atoms with van der Waals surface area (Å²) in [6.45, 7) is 2.27. The van der Waals surface area contributed by atoms with Crippen LogP contribution in [0.3, 0.4) is 0 Å². The number of rotatable bonds is 8. The van der Waals surface area contributed by atoms with Gasteiger partial charge in [0.2, 0.25) is 11.5 Å². The van der Waals surface area contributed by atoms with Crippen LogP contribution < -0.4 is 23.7 Å². The lowest BCUT2D eigenvalue weighted by atomic mass is 10.1. The van der Waals surface area contributed by atoms with Crippen LogP contribution in [0.4, 0.5) is 0 Å². The van der Waals surface area contributed by atoms with E-state index in [1.54, 1.807) is 37.5 Å².